The van der Waals surface area contributed by atoms with Gasteiger partial charge >= 0.3 is 0 Å². The maximum atomic E-state index is 12.5. The fourth-order valence-corrected chi connectivity index (χ4v) is 0.611. The smallest absolute Gasteiger partial charge is 0.114 e. The zero-order valence-electron chi connectivity index (χ0n) is 7.97. The molecule has 1 atom stereocenters. The van der Waals surface area contributed by atoms with Gasteiger partial charge in [0.2, 0.25) is 0 Å². The number of ether oxygens (including phenoxy) is 1. The molecule has 0 heterocycles. The van der Waals surface area contributed by atoms with E-state index in [1.54, 1.807) is 0 Å². The van der Waals surface area contributed by atoms with Crippen LogP contribution in [0.5, 0.6) is 0 Å². The maximum absolute atomic E-state index is 12.5. The van der Waals surface area contributed by atoms with E-state index in [2.05, 4.69) is 0 Å². The summed E-state index contributed by atoms with van der Waals surface area (Å²) in [6.07, 6.45) is -0.523. The van der Waals surface area contributed by atoms with E-state index in [9.17, 15) is 4.39 Å². The van der Waals surface area contributed by atoms with Gasteiger partial charge in [0.1, 0.15) is 6.17 Å². The normalized spacial score (nSPS) is 13.8. The highest BCUT2D eigenvalue weighted by Crippen LogP contribution is 2.08. The minimum absolute atomic E-state index is 0. The molecule has 0 bridgehead atoms. The van der Waals surface area contributed by atoms with Crippen molar-refractivity contribution in [2.45, 2.75) is 39.0 Å². The van der Waals surface area contributed by atoms with E-state index in [-0.39, 0.29) is 24.6 Å². The average molecular weight is 200 g/mol. The highest BCUT2D eigenvalue weighted by molar-refractivity contribution is 5.85. The number of nitrogens with two attached hydrogens (primary N) is 1. The number of hydrogen-bond acceptors (Lipinski definition) is 2. The molecule has 0 radical (unpaired) electrons. The second kappa shape index (κ2) is 6.63. The van der Waals surface area contributed by atoms with Crippen LogP contribution >= 0.6 is 12.4 Å². The Labute approximate surface area is 80.1 Å². The number of rotatable bonds is 4. The number of alkyl halides is 1. The molecule has 0 aliphatic carbocycles. The summed E-state index contributed by atoms with van der Waals surface area (Å²) < 4.78 is 17.8. The Bertz CT molecular complexity index is 106. The maximum Gasteiger partial charge on any atom is 0.114 e. The van der Waals surface area contributed by atoms with Crippen molar-refractivity contribution < 1.29 is 9.13 Å². The first-order valence-electron chi connectivity index (χ1n) is 3.94. The quantitative estimate of drug-likeness (QED) is 0.751. The molecule has 76 valence electrons. The Kier molecular flexibility index (Phi) is 8.10. The molecule has 0 aliphatic rings. The SMILES string of the molecule is CC(C)(C)OCCC(F)CN.Cl. The molecule has 0 spiro atoms. The van der Waals surface area contributed by atoms with Gasteiger partial charge in [-0.1, -0.05) is 0 Å². The first-order chi connectivity index (χ1) is 4.95. The summed E-state index contributed by atoms with van der Waals surface area (Å²) in [4.78, 5) is 0. The molecule has 0 aromatic heterocycles. The van der Waals surface area contributed by atoms with Crippen molar-refractivity contribution in [3.63, 3.8) is 0 Å². The molecule has 0 saturated heterocycles. The zero-order valence-corrected chi connectivity index (χ0v) is 8.79. The van der Waals surface area contributed by atoms with Gasteiger partial charge in [-0.2, -0.15) is 0 Å². The zero-order chi connectivity index (χ0) is 8.91. The molecule has 1 unspecified atom stereocenters. The van der Waals surface area contributed by atoms with Crippen LogP contribution in [0.3, 0.4) is 0 Å². The Hall–Kier alpha value is 0.140. The number of hydrogen-bond donors (Lipinski definition) is 1. The second-order valence-electron chi connectivity index (χ2n) is 3.58. The molecule has 0 saturated carbocycles. The Balaban J connectivity index is 0. The van der Waals surface area contributed by atoms with Gasteiger partial charge in [-0.05, 0) is 20.8 Å². The molecule has 2 nitrogen and oxygen atoms in total. The second-order valence-corrected chi connectivity index (χ2v) is 3.58. The third kappa shape index (κ3) is 10.1. The van der Waals surface area contributed by atoms with E-state index in [4.69, 9.17) is 10.5 Å². The van der Waals surface area contributed by atoms with Gasteiger partial charge in [0, 0.05) is 13.0 Å². The van der Waals surface area contributed by atoms with Crippen LogP contribution in [0.25, 0.3) is 0 Å². The van der Waals surface area contributed by atoms with Crippen LogP contribution in [0.1, 0.15) is 27.2 Å². The predicted molar refractivity (Wildman–Crippen MR) is 51.5 cm³/mol. The summed E-state index contributed by atoms with van der Waals surface area (Å²) in [6, 6.07) is 0. The van der Waals surface area contributed by atoms with Gasteiger partial charge in [-0.25, -0.2) is 4.39 Å². The molecule has 0 aromatic carbocycles. The van der Waals surface area contributed by atoms with Crippen molar-refractivity contribution in [1.82, 2.24) is 0 Å². The molecule has 12 heavy (non-hydrogen) atoms. The van der Waals surface area contributed by atoms with E-state index < -0.39 is 6.17 Å². The molecule has 4 heteroatoms. The van der Waals surface area contributed by atoms with Crippen LogP contribution in [0.2, 0.25) is 0 Å². The highest BCUT2D eigenvalue weighted by atomic mass is 35.5. The Morgan fingerprint density at radius 2 is 1.92 bits per heavy atom. The molecule has 0 fully saturated rings. The molecule has 2 N–H and O–H groups in total. The van der Waals surface area contributed by atoms with Gasteiger partial charge in [0.15, 0.2) is 0 Å². The van der Waals surface area contributed by atoms with Crippen molar-refractivity contribution in [2.75, 3.05) is 13.2 Å². The highest BCUT2D eigenvalue weighted by Gasteiger charge is 2.11. The Morgan fingerprint density at radius 1 is 1.42 bits per heavy atom. The largest absolute Gasteiger partial charge is 0.376 e. The number of halogens is 2. The fraction of sp³-hybridized carbons (Fsp3) is 1.00. The molecule has 0 rings (SSSR count). The lowest BCUT2D eigenvalue weighted by molar-refractivity contribution is -0.0107. The lowest BCUT2D eigenvalue weighted by Crippen LogP contribution is -2.23. The topological polar surface area (TPSA) is 35.2 Å². The summed E-state index contributed by atoms with van der Waals surface area (Å²) >= 11 is 0. The van der Waals surface area contributed by atoms with Crippen molar-refractivity contribution >= 4 is 12.4 Å². The molecule has 0 amide bonds. The predicted octanol–water partition coefficient (Wildman–Crippen LogP) is 1.91. The van der Waals surface area contributed by atoms with Gasteiger partial charge in [0.05, 0.1) is 12.2 Å². The third-order valence-corrected chi connectivity index (χ3v) is 1.22. The fourth-order valence-electron chi connectivity index (χ4n) is 0.611. The lowest BCUT2D eigenvalue weighted by Gasteiger charge is -2.19. The Morgan fingerprint density at radius 3 is 2.25 bits per heavy atom. The van der Waals surface area contributed by atoms with Gasteiger partial charge < -0.3 is 10.5 Å². The molecular weight excluding hydrogens is 181 g/mol. The van der Waals surface area contributed by atoms with Crippen LogP contribution in [-0.4, -0.2) is 24.9 Å². The average Bonchev–Trinajstić information content (AvgIpc) is 1.85. The minimum Gasteiger partial charge on any atom is -0.376 e. The van der Waals surface area contributed by atoms with Crippen molar-refractivity contribution in [3.05, 3.63) is 0 Å². The van der Waals surface area contributed by atoms with Crippen molar-refractivity contribution in [2.24, 2.45) is 5.73 Å². The standard InChI is InChI=1S/C8H18FNO.ClH/c1-8(2,3)11-5-4-7(9)6-10;/h7H,4-6,10H2,1-3H3;1H. The summed E-state index contributed by atoms with van der Waals surface area (Å²) in [5, 5.41) is 0. The van der Waals surface area contributed by atoms with Gasteiger partial charge in [-0.15, -0.1) is 12.4 Å². The van der Waals surface area contributed by atoms with Crippen molar-refractivity contribution in [3.8, 4) is 0 Å². The van der Waals surface area contributed by atoms with E-state index in [0.717, 1.165) is 0 Å². The van der Waals surface area contributed by atoms with Crippen LogP contribution in [0.15, 0.2) is 0 Å². The van der Waals surface area contributed by atoms with E-state index in [1.807, 2.05) is 20.8 Å². The summed E-state index contributed by atoms with van der Waals surface area (Å²) in [5.41, 5.74) is 4.92. The van der Waals surface area contributed by atoms with E-state index >= 15 is 0 Å². The van der Waals surface area contributed by atoms with Crippen LogP contribution < -0.4 is 5.73 Å². The summed E-state index contributed by atoms with van der Waals surface area (Å²) in [5.74, 6) is 0. The first-order valence-corrected chi connectivity index (χ1v) is 3.94. The minimum atomic E-state index is -0.919. The van der Waals surface area contributed by atoms with Crippen molar-refractivity contribution in [1.29, 1.82) is 0 Å². The van der Waals surface area contributed by atoms with Gasteiger partial charge in [0.25, 0.3) is 0 Å². The van der Waals surface area contributed by atoms with Gasteiger partial charge in [-0.3, -0.25) is 0 Å². The molecule has 0 aromatic rings. The monoisotopic (exact) mass is 199 g/mol. The molecular formula is C8H19ClFNO. The van der Waals surface area contributed by atoms with E-state index in [0.29, 0.717) is 13.0 Å². The van der Waals surface area contributed by atoms with E-state index in [1.165, 1.54) is 0 Å². The summed E-state index contributed by atoms with van der Waals surface area (Å²) in [6.45, 7) is 6.38. The van der Waals surface area contributed by atoms with Crippen LogP contribution in [0.4, 0.5) is 4.39 Å². The van der Waals surface area contributed by atoms with Crippen LogP contribution in [0, 0.1) is 0 Å². The lowest BCUT2D eigenvalue weighted by atomic mass is 10.2. The third-order valence-electron chi connectivity index (χ3n) is 1.22. The summed E-state index contributed by atoms with van der Waals surface area (Å²) in [7, 11) is 0. The van der Waals surface area contributed by atoms with Crippen LogP contribution in [-0.2, 0) is 4.74 Å². The molecule has 0 aliphatic heterocycles. The first kappa shape index (κ1) is 14.7.